The molecule has 1 saturated heterocycles. The van der Waals surface area contributed by atoms with Gasteiger partial charge < -0.3 is 14.5 Å². The molecule has 186 valence electrons. The third-order valence-electron chi connectivity index (χ3n) is 6.29. The summed E-state index contributed by atoms with van der Waals surface area (Å²) in [6, 6.07) is 10.4. The molecule has 1 fully saturated rings. The lowest BCUT2D eigenvalue weighted by atomic mass is 10.00. The molecular weight excluding hydrogens is 477 g/mol. The second-order valence-electron chi connectivity index (χ2n) is 8.65. The third-order valence-corrected chi connectivity index (χ3v) is 6.29. The number of aromatic nitrogens is 2. The van der Waals surface area contributed by atoms with Gasteiger partial charge in [0, 0.05) is 43.7 Å². The number of carbonyl (C=O) groups is 2. The standard InChI is InChI=1S/C25H21F3N4O4/c26-25(27,28)35-20-5-1-16(2-6-20)3-8-23(33)31-11-9-18-14-32(15-19(18)10-12-31)24(34)17-4-7-21-22(13-17)30-36-29-21/h1-9,13,19H,10-12,14-15H2/b8-3+/t19-/m1/s1. The molecule has 2 aliphatic heterocycles. The van der Waals surface area contributed by atoms with Crippen LogP contribution in [0, 0.1) is 5.92 Å². The van der Waals surface area contributed by atoms with Crippen LogP contribution in [0.3, 0.4) is 0 Å². The lowest BCUT2D eigenvalue weighted by Gasteiger charge is -2.20. The van der Waals surface area contributed by atoms with E-state index in [4.69, 9.17) is 4.63 Å². The molecule has 0 saturated carbocycles. The molecule has 2 aliphatic rings. The molecule has 1 atom stereocenters. The number of halogens is 3. The number of likely N-dealkylation sites (tertiary alicyclic amines) is 1. The molecule has 0 aliphatic carbocycles. The monoisotopic (exact) mass is 498 g/mol. The second kappa shape index (κ2) is 9.48. The summed E-state index contributed by atoms with van der Waals surface area (Å²) in [5, 5.41) is 7.54. The Morgan fingerprint density at radius 2 is 1.83 bits per heavy atom. The molecule has 0 unspecified atom stereocenters. The van der Waals surface area contributed by atoms with Gasteiger partial charge in [0.2, 0.25) is 5.91 Å². The first-order valence-corrected chi connectivity index (χ1v) is 11.3. The van der Waals surface area contributed by atoms with E-state index in [2.05, 4.69) is 15.1 Å². The Bertz CT molecular complexity index is 1350. The van der Waals surface area contributed by atoms with Crippen molar-refractivity contribution in [1.29, 1.82) is 0 Å². The third kappa shape index (κ3) is 5.24. The molecular formula is C25H21F3N4O4. The molecule has 3 aromatic rings. The maximum absolute atomic E-state index is 13.0. The van der Waals surface area contributed by atoms with Gasteiger partial charge in [0.25, 0.3) is 5.91 Å². The van der Waals surface area contributed by atoms with Gasteiger partial charge in [-0.1, -0.05) is 18.2 Å². The van der Waals surface area contributed by atoms with E-state index in [0.717, 1.165) is 12.0 Å². The smallest absolute Gasteiger partial charge is 0.406 e. The van der Waals surface area contributed by atoms with Crippen LogP contribution in [-0.4, -0.2) is 64.5 Å². The number of hydrogen-bond donors (Lipinski definition) is 0. The lowest BCUT2D eigenvalue weighted by molar-refractivity contribution is -0.274. The van der Waals surface area contributed by atoms with Crippen LogP contribution in [-0.2, 0) is 4.79 Å². The highest BCUT2D eigenvalue weighted by atomic mass is 19.4. The average Bonchev–Trinajstić information content (AvgIpc) is 3.44. The van der Waals surface area contributed by atoms with Crippen LogP contribution < -0.4 is 4.74 Å². The molecule has 0 spiro atoms. The van der Waals surface area contributed by atoms with Crippen LogP contribution in [0.1, 0.15) is 22.3 Å². The Morgan fingerprint density at radius 3 is 2.61 bits per heavy atom. The molecule has 36 heavy (non-hydrogen) atoms. The molecule has 0 bridgehead atoms. The van der Waals surface area contributed by atoms with Crippen molar-refractivity contribution >= 4 is 28.9 Å². The largest absolute Gasteiger partial charge is 0.573 e. The quantitative estimate of drug-likeness (QED) is 0.398. The SMILES string of the molecule is O=C(/C=C/c1ccc(OC(F)(F)F)cc1)N1CC=C2CN(C(=O)c3ccc4nonc4c3)C[C@H]2CC1. The van der Waals surface area contributed by atoms with E-state index in [1.165, 1.54) is 30.3 Å². The summed E-state index contributed by atoms with van der Waals surface area (Å²) >= 11 is 0. The molecule has 2 aromatic carbocycles. The Kier molecular flexibility index (Phi) is 6.21. The van der Waals surface area contributed by atoms with Crippen molar-refractivity contribution in [3.63, 3.8) is 0 Å². The number of amides is 2. The topological polar surface area (TPSA) is 88.8 Å². The summed E-state index contributed by atoms with van der Waals surface area (Å²) in [7, 11) is 0. The van der Waals surface area contributed by atoms with E-state index in [-0.39, 0.29) is 23.5 Å². The number of fused-ring (bicyclic) bond motifs is 2. The predicted octanol–water partition coefficient (Wildman–Crippen LogP) is 4.07. The van der Waals surface area contributed by atoms with Crippen molar-refractivity contribution in [3.8, 4) is 5.75 Å². The minimum absolute atomic E-state index is 0.0867. The van der Waals surface area contributed by atoms with Gasteiger partial charge in [0.1, 0.15) is 16.8 Å². The highest BCUT2D eigenvalue weighted by molar-refractivity contribution is 5.97. The molecule has 0 N–H and O–H groups in total. The van der Waals surface area contributed by atoms with Crippen LogP contribution in [0.2, 0.25) is 0 Å². The van der Waals surface area contributed by atoms with Gasteiger partial charge >= 0.3 is 6.36 Å². The van der Waals surface area contributed by atoms with E-state index in [9.17, 15) is 22.8 Å². The Labute approximate surface area is 203 Å². The van der Waals surface area contributed by atoms with Crippen LogP contribution in [0.15, 0.2) is 64.8 Å². The van der Waals surface area contributed by atoms with Gasteiger partial charge in [0.05, 0.1) is 0 Å². The number of nitrogens with zero attached hydrogens (tertiary/aromatic N) is 4. The summed E-state index contributed by atoms with van der Waals surface area (Å²) in [5.41, 5.74) is 3.35. The molecule has 11 heteroatoms. The zero-order valence-electron chi connectivity index (χ0n) is 18.9. The Balaban J connectivity index is 1.18. The van der Waals surface area contributed by atoms with Crippen molar-refractivity contribution in [3.05, 3.63) is 71.3 Å². The predicted molar refractivity (Wildman–Crippen MR) is 123 cm³/mol. The second-order valence-corrected chi connectivity index (χ2v) is 8.65. The van der Waals surface area contributed by atoms with Crippen molar-refractivity contribution in [1.82, 2.24) is 20.1 Å². The van der Waals surface area contributed by atoms with Gasteiger partial charge in [-0.15, -0.1) is 13.2 Å². The molecule has 0 radical (unpaired) electrons. The normalized spacial score (nSPS) is 18.3. The fraction of sp³-hybridized carbons (Fsp3) is 0.280. The lowest BCUT2D eigenvalue weighted by Crippen LogP contribution is -2.32. The fourth-order valence-electron chi connectivity index (χ4n) is 4.44. The van der Waals surface area contributed by atoms with Gasteiger partial charge in [-0.05, 0) is 64.3 Å². The minimum atomic E-state index is -4.75. The van der Waals surface area contributed by atoms with Gasteiger partial charge in [0.15, 0.2) is 0 Å². The molecule has 1 aromatic heterocycles. The molecule has 8 nitrogen and oxygen atoms in total. The van der Waals surface area contributed by atoms with E-state index < -0.39 is 6.36 Å². The van der Waals surface area contributed by atoms with Gasteiger partial charge in [-0.2, -0.15) is 0 Å². The molecule has 3 heterocycles. The van der Waals surface area contributed by atoms with E-state index in [0.29, 0.717) is 48.3 Å². The van der Waals surface area contributed by atoms with Crippen LogP contribution in [0.5, 0.6) is 5.75 Å². The van der Waals surface area contributed by atoms with Crippen molar-refractivity contribution in [2.45, 2.75) is 12.8 Å². The first-order valence-electron chi connectivity index (χ1n) is 11.3. The van der Waals surface area contributed by atoms with Crippen molar-refractivity contribution < 1.29 is 32.1 Å². The van der Waals surface area contributed by atoms with E-state index in [1.807, 2.05) is 6.08 Å². The van der Waals surface area contributed by atoms with Crippen molar-refractivity contribution in [2.75, 3.05) is 26.2 Å². The first-order chi connectivity index (χ1) is 17.2. The highest BCUT2D eigenvalue weighted by Gasteiger charge is 2.33. The molecule has 5 rings (SSSR count). The van der Waals surface area contributed by atoms with Gasteiger partial charge in [-0.3, -0.25) is 9.59 Å². The number of benzene rings is 2. The van der Waals surface area contributed by atoms with E-state index in [1.54, 1.807) is 34.1 Å². The maximum atomic E-state index is 13.0. The Hall–Kier alpha value is -4.15. The average molecular weight is 498 g/mol. The van der Waals surface area contributed by atoms with Crippen LogP contribution >= 0.6 is 0 Å². The number of alkyl halides is 3. The Morgan fingerprint density at radius 1 is 1.06 bits per heavy atom. The van der Waals surface area contributed by atoms with Gasteiger partial charge in [-0.25, -0.2) is 4.63 Å². The van der Waals surface area contributed by atoms with E-state index >= 15 is 0 Å². The summed E-state index contributed by atoms with van der Waals surface area (Å²) < 4.78 is 45.4. The minimum Gasteiger partial charge on any atom is -0.406 e. The maximum Gasteiger partial charge on any atom is 0.573 e. The fourth-order valence-corrected chi connectivity index (χ4v) is 4.44. The number of rotatable bonds is 4. The highest BCUT2D eigenvalue weighted by Crippen LogP contribution is 2.30. The zero-order valence-corrected chi connectivity index (χ0v) is 18.9. The zero-order chi connectivity index (χ0) is 25.3. The summed E-state index contributed by atoms with van der Waals surface area (Å²) in [6.07, 6.45) is 0.945. The first kappa shape index (κ1) is 23.6. The summed E-state index contributed by atoms with van der Waals surface area (Å²) in [6.45, 7) is 2.03. The summed E-state index contributed by atoms with van der Waals surface area (Å²) in [4.78, 5) is 29.2. The van der Waals surface area contributed by atoms with Crippen LogP contribution in [0.25, 0.3) is 17.1 Å². The van der Waals surface area contributed by atoms with Crippen molar-refractivity contribution in [2.24, 2.45) is 5.92 Å². The molecule has 2 amide bonds. The number of carbonyl (C=O) groups excluding carboxylic acids is 2. The number of ether oxygens (including phenoxy) is 1. The summed E-state index contributed by atoms with van der Waals surface area (Å²) in [5.74, 6) is -0.421. The number of hydrogen-bond acceptors (Lipinski definition) is 6. The van der Waals surface area contributed by atoms with Crippen LogP contribution in [0.4, 0.5) is 13.2 Å².